The first-order valence-electron chi connectivity index (χ1n) is 4.11. The molecule has 0 aromatic carbocycles. The Morgan fingerprint density at radius 2 is 2.17 bits per heavy atom. The molecule has 1 rings (SSSR count). The van der Waals surface area contributed by atoms with E-state index in [1.54, 1.807) is 7.11 Å². The van der Waals surface area contributed by atoms with Crippen molar-refractivity contribution in [1.82, 2.24) is 5.32 Å². The van der Waals surface area contributed by atoms with Crippen molar-refractivity contribution in [3.8, 4) is 11.8 Å². The Kier molecular flexibility index (Phi) is 3.54. The van der Waals surface area contributed by atoms with E-state index in [-0.39, 0.29) is 0 Å². The molecule has 0 saturated carbocycles. The predicted octanol–water partition coefficient (Wildman–Crippen LogP) is -0.235. The van der Waals surface area contributed by atoms with Crippen molar-refractivity contribution in [2.24, 2.45) is 0 Å². The molecule has 3 nitrogen and oxygen atoms in total. The lowest BCUT2D eigenvalue weighted by molar-refractivity contribution is 0.0666. The summed E-state index contributed by atoms with van der Waals surface area (Å²) in [5, 5.41) is 14.0. The van der Waals surface area contributed by atoms with E-state index in [2.05, 4.69) is 17.2 Å². The third-order valence-electron chi connectivity index (χ3n) is 1.90. The van der Waals surface area contributed by atoms with Gasteiger partial charge in [0.15, 0.2) is 0 Å². The van der Waals surface area contributed by atoms with Gasteiger partial charge in [0.2, 0.25) is 0 Å². The quantitative estimate of drug-likeness (QED) is 0.549. The van der Waals surface area contributed by atoms with Crippen molar-refractivity contribution in [2.45, 2.75) is 18.4 Å². The van der Waals surface area contributed by atoms with Gasteiger partial charge in [-0.1, -0.05) is 11.8 Å². The zero-order valence-corrected chi connectivity index (χ0v) is 7.34. The third kappa shape index (κ3) is 2.82. The van der Waals surface area contributed by atoms with Gasteiger partial charge in [-0.3, -0.25) is 0 Å². The van der Waals surface area contributed by atoms with Gasteiger partial charge in [0.25, 0.3) is 0 Å². The lowest BCUT2D eigenvalue weighted by atomic mass is 9.93. The molecule has 3 heteroatoms. The molecule has 0 aromatic rings. The summed E-state index contributed by atoms with van der Waals surface area (Å²) < 4.78 is 4.77. The van der Waals surface area contributed by atoms with Gasteiger partial charge in [0.05, 0.1) is 0 Å². The highest BCUT2D eigenvalue weighted by Crippen LogP contribution is 2.16. The molecule has 0 spiro atoms. The molecule has 0 atom stereocenters. The summed E-state index contributed by atoms with van der Waals surface area (Å²) in [6, 6.07) is 0. The maximum absolute atomic E-state index is 9.81. The highest BCUT2D eigenvalue weighted by atomic mass is 16.5. The Morgan fingerprint density at radius 1 is 1.50 bits per heavy atom. The van der Waals surface area contributed by atoms with Crippen LogP contribution in [-0.4, -0.2) is 37.5 Å². The molecule has 0 amide bonds. The second-order valence-electron chi connectivity index (χ2n) is 2.94. The van der Waals surface area contributed by atoms with Gasteiger partial charge in [-0.05, 0) is 0 Å². The van der Waals surface area contributed by atoms with E-state index in [9.17, 15) is 5.11 Å². The predicted molar refractivity (Wildman–Crippen MR) is 45.7 cm³/mol. The van der Waals surface area contributed by atoms with Crippen LogP contribution in [0.4, 0.5) is 0 Å². The molecule has 67 valence electrons. The zero-order valence-electron chi connectivity index (χ0n) is 7.34. The number of aliphatic hydroxyl groups is 1. The largest absolute Gasteiger partial charge is 0.378 e. The fraction of sp³-hybridized carbons (Fsp3) is 0.778. The standard InChI is InChI=1S/C9H14NO2/c1-12-8-2-3-9(11)4-6-10-7-5-9/h11H,4-8H2,1H3. The molecule has 0 unspecified atom stereocenters. The second-order valence-corrected chi connectivity index (χ2v) is 2.94. The van der Waals surface area contributed by atoms with Gasteiger partial charge in [0.1, 0.15) is 12.2 Å². The smallest absolute Gasteiger partial charge is 0.128 e. The van der Waals surface area contributed by atoms with E-state index in [0.29, 0.717) is 19.4 Å². The Hall–Kier alpha value is -0.560. The Labute approximate surface area is 73.1 Å². The molecule has 0 aromatic heterocycles. The highest BCUT2D eigenvalue weighted by molar-refractivity contribution is 5.15. The molecule has 1 fully saturated rings. The normalized spacial score (nSPS) is 21.2. The number of nitrogens with zero attached hydrogens (tertiary/aromatic N) is 1. The third-order valence-corrected chi connectivity index (χ3v) is 1.90. The van der Waals surface area contributed by atoms with Crippen LogP contribution in [0.2, 0.25) is 0 Å². The van der Waals surface area contributed by atoms with E-state index in [1.165, 1.54) is 0 Å². The average Bonchev–Trinajstić information content (AvgIpc) is 2.06. The molecule has 0 bridgehead atoms. The number of ether oxygens (including phenoxy) is 1. The summed E-state index contributed by atoms with van der Waals surface area (Å²) in [6.45, 7) is 1.83. The number of rotatable bonds is 1. The Balaban J connectivity index is 2.42. The fourth-order valence-corrected chi connectivity index (χ4v) is 1.16. The molecule has 0 aliphatic carbocycles. The van der Waals surface area contributed by atoms with Crippen LogP contribution in [0.25, 0.3) is 0 Å². The van der Waals surface area contributed by atoms with Crippen LogP contribution in [0.3, 0.4) is 0 Å². The number of hydrogen-bond donors (Lipinski definition) is 1. The van der Waals surface area contributed by atoms with E-state index in [1.807, 2.05) is 0 Å². The maximum atomic E-state index is 9.81. The van der Waals surface area contributed by atoms with Crippen LogP contribution in [0.15, 0.2) is 0 Å². The summed E-state index contributed by atoms with van der Waals surface area (Å²) in [6.07, 6.45) is 1.31. The fourth-order valence-electron chi connectivity index (χ4n) is 1.16. The molecular formula is C9H14NO2. The van der Waals surface area contributed by atoms with E-state index in [4.69, 9.17) is 4.74 Å². The van der Waals surface area contributed by atoms with Crippen molar-refractivity contribution < 1.29 is 9.84 Å². The van der Waals surface area contributed by atoms with Gasteiger partial charge in [0, 0.05) is 33.0 Å². The molecule has 1 heterocycles. The van der Waals surface area contributed by atoms with Crippen LogP contribution in [0, 0.1) is 11.8 Å². The van der Waals surface area contributed by atoms with E-state index in [0.717, 1.165) is 13.1 Å². The number of piperidine rings is 1. The molecule has 1 radical (unpaired) electrons. The first-order valence-corrected chi connectivity index (χ1v) is 4.11. The summed E-state index contributed by atoms with van der Waals surface area (Å²) >= 11 is 0. The molecule has 12 heavy (non-hydrogen) atoms. The molecule has 1 aliphatic rings. The average molecular weight is 168 g/mol. The van der Waals surface area contributed by atoms with Crippen molar-refractivity contribution in [1.29, 1.82) is 0 Å². The van der Waals surface area contributed by atoms with Crippen molar-refractivity contribution in [3.63, 3.8) is 0 Å². The van der Waals surface area contributed by atoms with E-state index >= 15 is 0 Å². The topological polar surface area (TPSA) is 43.6 Å². The van der Waals surface area contributed by atoms with Crippen molar-refractivity contribution in [2.75, 3.05) is 26.8 Å². The second kappa shape index (κ2) is 4.46. The molecule has 1 saturated heterocycles. The summed E-state index contributed by atoms with van der Waals surface area (Å²) in [5.74, 6) is 5.60. The zero-order chi connectivity index (χ0) is 8.86. The first kappa shape index (κ1) is 9.53. The monoisotopic (exact) mass is 168 g/mol. The van der Waals surface area contributed by atoms with Gasteiger partial charge >= 0.3 is 0 Å². The SMILES string of the molecule is COCC#CC1(O)CC[N]CC1. The first-order chi connectivity index (χ1) is 5.77. The summed E-state index contributed by atoms with van der Waals surface area (Å²) in [7, 11) is 1.59. The van der Waals surface area contributed by atoms with Crippen molar-refractivity contribution in [3.05, 3.63) is 0 Å². The molecule has 1 N–H and O–H groups in total. The minimum Gasteiger partial charge on any atom is -0.378 e. The molecule has 1 aliphatic heterocycles. The van der Waals surface area contributed by atoms with Crippen LogP contribution in [0.5, 0.6) is 0 Å². The van der Waals surface area contributed by atoms with Gasteiger partial charge in [-0.25, -0.2) is 5.32 Å². The lowest BCUT2D eigenvalue weighted by Gasteiger charge is -2.26. The number of methoxy groups -OCH3 is 1. The highest BCUT2D eigenvalue weighted by Gasteiger charge is 2.26. The van der Waals surface area contributed by atoms with Gasteiger partial charge in [-0.2, -0.15) is 0 Å². The van der Waals surface area contributed by atoms with Gasteiger partial charge < -0.3 is 9.84 Å². The molecular weight excluding hydrogens is 154 g/mol. The van der Waals surface area contributed by atoms with Crippen LogP contribution >= 0.6 is 0 Å². The lowest BCUT2D eigenvalue weighted by Crippen LogP contribution is -2.37. The minimum absolute atomic E-state index is 0.388. The number of hydrogen-bond acceptors (Lipinski definition) is 2. The van der Waals surface area contributed by atoms with Crippen LogP contribution in [0.1, 0.15) is 12.8 Å². The minimum atomic E-state index is -0.805. The van der Waals surface area contributed by atoms with E-state index < -0.39 is 5.60 Å². The maximum Gasteiger partial charge on any atom is 0.128 e. The Morgan fingerprint density at radius 3 is 2.75 bits per heavy atom. The van der Waals surface area contributed by atoms with Crippen molar-refractivity contribution >= 4 is 0 Å². The van der Waals surface area contributed by atoms with Crippen LogP contribution in [-0.2, 0) is 4.74 Å². The summed E-state index contributed by atoms with van der Waals surface area (Å²) in [5.41, 5.74) is -0.805. The summed E-state index contributed by atoms with van der Waals surface area (Å²) in [4.78, 5) is 0. The van der Waals surface area contributed by atoms with Gasteiger partial charge in [-0.15, -0.1) is 0 Å². The Bertz CT molecular complexity index is 186. The van der Waals surface area contributed by atoms with Crippen LogP contribution < -0.4 is 5.32 Å².